The van der Waals surface area contributed by atoms with Crippen LogP contribution in [0.1, 0.15) is 13.8 Å². The average Bonchev–Trinajstić information content (AvgIpc) is 2.59. The van der Waals surface area contributed by atoms with Crippen molar-refractivity contribution in [3.63, 3.8) is 0 Å². The third-order valence-corrected chi connectivity index (χ3v) is 1.11. The van der Waals surface area contributed by atoms with Gasteiger partial charge in [-0.05, 0) is 13.8 Å². The maximum absolute atomic E-state index is 9.55. The molecule has 0 fully saturated rings. The van der Waals surface area contributed by atoms with Gasteiger partial charge in [0.05, 0.1) is 0 Å². The highest BCUT2D eigenvalue weighted by Crippen LogP contribution is 1.71. The lowest BCUT2D eigenvalue weighted by Crippen LogP contribution is -1.91. The molecule has 32 heavy (non-hydrogen) atoms. The Kier molecular flexibility index (Phi) is 54.3. The quantitative estimate of drug-likeness (QED) is 0.183. The molecule has 16 heteroatoms. The van der Waals surface area contributed by atoms with E-state index in [4.69, 9.17) is 40.9 Å². The predicted molar refractivity (Wildman–Crippen MR) is 106 cm³/mol. The van der Waals surface area contributed by atoms with Crippen molar-refractivity contribution < 1.29 is 80.6 Å². The standard InChI is InChI=1S/3C4H4O4.2C2H6O.2H2O/c3*5-3(6)1-2-4(7)8;2*1-2-3;;/h3*1-2H,(H,5,6)(H,7,8);2*3H,2H2,1H3;2*1H2. The first-order valence-corrected chi connectivity index (χ1v) is 7.35. The van der Waals surface area contributed by atoms with Crippen LogP contribution in [0.5, 0.6) is 0 Å². The van der Waals surface area contributed by atoms with E-state index in [0.29, 0.717) is 36.5 Å². The first-order valence-electron chi connectivity index (χ1n) is 7.35. The van der Waals surface area contributed by atoms with Crippen LogP contribution < -0.4 is 0 Å². The van der Waals surface area contributed by atoms with Crippen molar-refractivity contribution in [3.05, 3.63) is 36.5 Å². The molecule has 0 aliphatic rings. The van der Waals surface area contributed by atoms with Crippen LogP contribution in [0.4, 0.5) is 0 Å². The number of hydrogen-bond donors (Lipinski definition) is 8. The zero-order chi connectivity index (χ0) is 25.1. The topological polar surface area (TPSA) is 327 Å². The van der Waals surface area contributed by atoms with Crippen molar-refractivity contribution in [1.29, 1.82) is 0 Å². The number of hydrogen-bond acceptors (Lipinski definition) is 8. The van der Waals surface area contributed by atoms with E-state index >= 15 is 0 Å². The molecular formula is C16H28O16. The van der Waals surface area contributed by atoms with Crippen molar-refractivity contribution in [1.82, 2.24) is 0 Å². The Balaban J connectivity index is -0.0000000506. The van der Waals surface area contributed by atoms with E-state index in [-0.39, 0.29) is 24.2 Å². The van der Waals surface area contributed by atoms with Crippen LogP contribution in [-0.4, -0.2) is 101 Å². The molecule has 0 atom stereocenters. The van der Waals surface area contributed by atoms with Crippen molar-refractivity contribution >= 4 is 35.8 Å². The van der Waals surface area contributed by atoms with Crippen LogP contribution in [0, 0.1) is 0 Å². The summed E-state index contributed by atoms with van der Waals surface area (Å²) in [5.74, 6) is -7.54. The Morgan fingerprint density at radius 3 is 0.531 bits per heavy atom. The highest BCUT2D eigenvalue weighted by atomic mass is 16.4. The molecular weight excluding hydrogens is 448 g/mol. The summed E-state index contributed by atoms with van der Waals surface area (Å²) in [6.07, 6.45) is 3.35. The van der Waals surface area contributed by atoms with E-state index in [0.717, 1.165) is 0 Å². The molecule has 0 aromatic heterocycles. The molecule has 0 aromatic rings. The van der Waals surface area contributed by atoms with Crippen molar-refractivity contribution in [2.75, 3.05) is 13.2 Å². The normalized spacial score (nSPS) is 8.25. The smallest absolute Gasteiger partial charge is 0.328 e. The Morgan fingerprint density at radius 1 is 0.438 bits per heavy atom. The Bertz CT molecular complexity index is 472. The van der Waals surface area contributed by atoms with Gasteiger partial charge in [0.2, 0.25) is 0 Å². The third kappa shape index (κ3) is 135. The summed E-state index contributed by atoms with van der Waals surface area (Å²) in [7, 11) is 0. The summed E-state index contributed by atoms with van der Waals surface area (Å²) >= 11 is 0. The SMILES string of the molecule is CCO.CCO.O.O.O=C(O)C=CC(=O)O.O=C(O)C=CC(=O)O.O=C(O)C=CC(=O)O. The fourth-order valence-corrected chi connectivity index (χ4v) is 0.428. The zero-order valence-corrected chi connectivity index (χ0v) is 16.9. The van der Waals surface area contributed by atoms with Crippen LogP contribution in [-0.2, 0) is 28.8 Å². The summed E-state index contributed by atoms with van der Waals surface area (Å²) in [6.45, 7) is 3.86. The molecule has 0 saturated heterocycles. The summed E-state index contributed by atoms with van der Waals surface area (Å²) in [5.41, 5.74) is 0. The van der Waals surface area contributed by atoms with Gasteiger partial charge in [-0.2, -0.15) is 0 Å². The zero-order valence-electron chi connectivity index (χ0n) is 16.9. The third-order valence-electron chi connectivity index (χ3n) is 1.11. The number of carboxylic acids is 6. The van der Waals surface area contributed by atoms with Crippen LogP contribution in [0.25, 0.3) is 0 Å². The Labute approximate surface area is 180 Å². The minimum absolute atomic E-state index is 0. The minimum Gasteiger partial charge on any atom is -0.478 e. The largest absolute Gasteiger partial charge is 0.478 e. The second-order valence-corrected chi connectivity index (χ2v) is 3.66. The number of aliphatic hydroxyl groups is 2. The van der Waals surface area contributed by atoms with E-state index in [1.807, 2.05) is 0 Å². The lowest BCUT2D eigenvalue weighted by molar-refractivity contribution is -0.134. The second-order valence-electron chi connectivity index (χ2n) is 3.66. The van der Waals surface area contributed by atoms with Crippen molar-refractivity contribution in [2.24, 2.45) is 0 Å². The van der Waals surface area contributed by atoms with E-state index in [1.54, 1.807) is 13.8 Å². The molecule has 12 N–H and O–H groups in total. The van der Waals surface area contributed by atoms with Crippen molar-refractivity contribution in [2.45, 2.75) is 13.8 Å². The van der Waals surface area contributed by atoms with Crippen LogP contribution in [0.15, 0.2) is 36.5 Å². The van der Waals surface area contributed by atoms with E-state index in [2.05, 4.69) is 0 Å². The number of aliphatic carboxylic acids is 6. The second kappa shape index (κ2) is 37.6. The molecule has 0 aliphatic heterocycles. The van der Waals surface area contributed by atoms with Gasteiger partial charge in [-0.1, -0.05) is 0 Å². The molecule has 0 saturated carbocycles. The van der Waals surface area contributed by atoms with Gasteiger partial charge in [-0.25, -0.2) is 28.8 Å². The van der Waals surface area contributed by atoms with Crippen LogP contribution >= 0.6 is 0 Å². The first kappa shape index (κ1) is 46.2. The highest BCUT2D eigenvalue weighted by molar-refractivity contribution is 5.90. The maximum Gasteiger partial charge on any atom is 0.328 e. The van der Waals surface area contributed by atoms with Crippen molar-refractivity contribution in [3.8, 4) is 0 Å². The lowest BCUT2D eigenvalue weighted by atomic mass is 10.5. The molecule has 0 rings (SSSR count). The molecule has 0 bridgehead atoms. The molecule has 188 valence electrons. The fourth-order valence-electron chi connectivity index (χ4n) is 0.428. The molecule has 16 nitrogen and oxygen atoms in total. The monoisotopic (exact) mass is 476 g/mol. The summed E-state index contributed by atoms with van der Waals surface area (Å²) in [6, 6.07) is 0. The lowest BCUT2D eigenvalue weighted by Gasteiger charge is -1.74. The van der Waals surface area contributed by atoms with Crippen LogP contribution in [0.2, 0.25) is 0 Å². The first-order chi connectivity index (χ1) is 13.7. The molecule has 0 aliphatic carbocycles. The summed E-state index contributed by atoms with van der Waals surface area (Å²) in [5, 5.41) is 62.0. The van der Waals surface area contributed by atoms with Crippen LogP contribution in [0.3, 0.4) is 0 Å². The summed E-state index contributed by atoms with van der Waals surface area (Å²) < 4.78 is 0. The van der Waals surface area contributed by atoms with E-state index in [9.17, 15) is 28.8 Å². The minimum atomic E-state index is -1.26. The number of carbonyl (C=O) groups is 6. The molecule has 0 radical (unpaired) electrons. The fraction of sp³-hybridized carbons (Fsp3) is 0.250. The van der Waals surface area contributed by atoms with Gasteiger partial charge in [0, 0.05) is 49.7 Å². The molecule has 0 amide bonds. The molecule has 0 spiro atoms. The average molecular weight is 476 g/mol. The molecule has 0 heterocycles. The Hall–Kier alpha value is -4.12. The molecule has 0 unspecified atom stereocenters. The van der Waals surface area contributed by atoms with E-state index < -0.39 is 35.8 Å². The van der Waals surface area contributed by atoms with E-state index in [1.165, 1.54) is 0 Å². The number of carboxylic acid groups (broad SMARTS) is 6. The summed E-state index contributed by atoms with van der Waals surface area (Å²) in [4.78, 5) is 57.3. The highest BCUT2D eigenvalue weighted by Gasteiger charge is 1.89. The molecule has 0 aromatic carbocycles. The van der Waals surface area contributed by atoms with Gasteiger partial charge in [0.1, 0.15) is 0 Å². The van der Waals surface area contributed by atoms with Gasteiger partial charge in [-0.3, -0.25) is 0 Å². The van der Waals surface area contributed by atoms with Gasteiger partial charge in [0.15, 0.2) is 0 Å². The van der Waals surface area contributed by atoms with Gasteiger partial charge >= 0.3 is 35.8 Å². The maximum atomic E-state index is 9.55. The predicted octanol–water partition coefficient (Wildman–Crippen LogP) is -2.52. The van der Waals surface area contributed by atoms with Gasteiger partial charge in [0.25, 0.3) is 0 Å². The van der Waals surface area contributed by atoms with Gasteiger partial charge in [-0.15, -0.1) is 0 Å². The number of aliphatic hydroxyl groups excluding tert-OH is 2. The van der Waals surface area contributed by atoms with Gasteiger partial charge < -0.3 is 51.8 Å². The number of rotatable bonds is 6. The Morgan fingerprint density at radius 2 is 0.500 bits per heavy atom.